The van der Waals surface area contributed by atoms with E-state index in [-0.39, 0.29) is 22.4 Å². The highest BCUT2D eigenvalue weighted by atomic mass is 79.9. The van der Waals surface area contributed by atoms with Gasteiger partial charge in [-0.05, 0) is 58.7 Å². The summed E-state index contributed by atoms with van der Waals surface area (Å²) in [4.78, 5) is 4.51. The summed E-state index contributed by atoms with van der Waals surface area (Å²) in [7, 11) is -3.91. The molecule has 0 aliphatic carbocycles. The van der Waals surface area contributed by atoms with Crippen molar-refractivity contribution in [2.75, 3.05) is 13.2 Å². The monoisotopic (exact) mass is 544 g/mol. The molecular weight excluding hydrogens is 523 g/mol. The van der Waals surface area contributed by atoms with Gasteiger partial charge in [-0.15, -0.1) is 0 Å². The predicted molar refractivity (Wildman–Crippen MR) is 131 cm³/mol. The standard InChI is InChI=1S/C25H22BrFN2O4S/c1-16-2-5-20(6-3-16)34(30,31)29-15-22(21-13-18(26)14-28-25(21)29)17-4-7-24(23(27)12-17)33-19-8-10-32-11-9-19/h2-7,12-15,19H,8-11H2,1H3. The molecule has 0 amide bonds. The van der Waals surface area contributed by atoms with Crippen LogP contribution in [0.4, 0.5) is 4.39 Å². The van der Waals surface area contributed by atoms with Gasteiger partial charge in [0.05, 0.1) is 18.1 Å². The Morgan fingerprint density at radius 2 is 1.85 bits per heavy atom. The lowest BCUT2D eigenvalue weighted by atomic mass is 10.1. The molecule has 1 aliphatic heterocycles. The average Bonchev–Trinajstić information content (AvgIpc) is 3.21. The molecule has 0 spiro atoms. The van der Waals surface area contributed by atoms with E-state index in [4.69, 9.17) is 9.47 Å². The number of ether oxygens (including phenoxy) is 2. The maximum atomic E-state index is 15.0. The van der Waals surface area contributed by atoms with E-state index in [0.29, 0.717) is 47.0 Å². The Balaban J connectivity index is 1.58. The first-order valence-electron chi connectivity index (χ1n) is 10.9. The van der Waals surface area contributed by atoms with Gasteiger partial charge in [0, 0.05) is 40.7 Å². The number of aromatic nitrogens is 2. The summed E-state index contributed by atoms with van der Waals surface area (Å²) in [5, 5.41) is 0.586. The molecule has 0 radical (unpaired) electrons. The molecule has 176 valence electrons. The van der Waals surface area contributed by atoms with Gasteiger partial charge in [-0.1, -0.05) is 23.8 Å². The number of rotatable bonds is 5. The number of hydrogen-bond acceptors (Lipinski definition) is 5. The molecule has 5 rings (SSSR count). The van der Waals surface area contributed by atoms with Crippen LogP contribution in [0.25, 0.3) is 22.2 Å². The Morgan fingerprint density at radius 1 is 1.12 bits per heavy atom. The topological polar surface area (TPSA) is 70.4 Å². The van der Waals surface area contributed by atoms with Gasteiger partial charge in [0.25, 0.3) is 10.0 Å². The fraction of sp³-hybridized carbons (Fsp3) is 0.240. The zero-order valence-corrected chi connectivity index (χ0v) is 20.8. The normalized spacial score (nSPS) is 15.0. The molecular formula is C25H22BrFN2O4S. The summed E-state index contributed by atoms with van der Waals surface area (Å²) < 4.78 is 54.9. The molecule has 6 nitrogen and oxygen atoms in total. The molecule has 4 aromatic rings. The minimum absolute atomic E-state index is 0.0872. The van der Waals surface area contributed by atoms with Crippen molar-refractivity contribution in [2.45, 2.75) is 30.8 Å². The first kappa shape index (κ1) is 23.0. The fourth-order valence-corrected chi connectivity index (χ4v) is 5.68. The highest BCUT2D eigenvalue weighted by Gasteiger charge is 2.24. The number of pyridine rings is 1. The fourth-order valence-electron chi connectivity index (χ4n) is 4.03. The molecule has 3 heterocycles. The molecule has 34 heavy (non-hydrogen) atoms. The Morgan fingerprint density at radius 3 is 2.56 bits per heavy atom. The van der Waals surface area contributed by atoms with Crippen LogP contribution >= 0.6 is 15.9 Å². The Hall–Kier alpha value is -2.75. The molecule has 0 bridgehead atoms. The van der Waals surface area contributed by atoms with Gasteiger partial charge >= 0.3 is 0 Å². The van der Waals surface area contributed by atoms with Crippen molar-refractivity contribution in [2.24, 2.45) is 0 Å². The third-order valence-corrected chi connectivity index (χ3v) is 7.96. The third-order valence-electron chi connectivity index (χ3n) is 5.86. The smallest absolute Gasteiger partial charge is 0.269 e. The lowest BCUT2D eigenvalue weighted by Gasteiger charge is -2.23. The van der Waals surface area contributed by atoms with E-state index >= 15 is 4.39 Å². The van der Waals surface area contributed by atoms with Crippen molar-refractivity contribution in [1.82, 2.24) is 8.96 Å². The third kappa shape index (κ3) is 4.35. The number of nitrogens with zero attached hydrogens (tertiary/aromatic N) is 2. The molecule has 2 aromatic carbocycles. The maximum Gasteiger partial charge on any atom is 0.269 e. The van der Waals surface area contributed by atoms with Crippen molar-refractivity contribution in [3.63, 3.8) is 0 Å². The first-order valence-corrected chi connectivity index (χ1v) is 13.1. The second-order valence-corrected chi connectivity index (χ2v) is 11.0. The van der Waals surface area contributed by atoms with Crippen LogP contribution in [0.5, 0.6) is 5.75 Å². The zero-order valence-electron chi connectivity index (χ0n) is 18.4. The van der Waals surface area contributed by atoms with E-state index in [9.17, 15) is 8.42 Å². The Bertz CT molecular complexity index is 1460. The van der Waals surface area contributed by atoms with E-state index < -0.39 is 15.8 Å². The van der Waals surface area contributed by atoms with Crippen LogP contribution in [-0.4, -0.2) is 36.7 Å². The number of hydrogen-bond donors (Lipinski definition) is 0. The van der Waals surface area contributed by atoms with Crippen LogP contribution < -0.4 is 4.74 Å². The van der Waals surface area contributed by atoms with Crippen molar-refractivity contribution in [1.29, 1.82) is 0 Å². The molecule has 0 unspecified atom stereocenters. The minimum Gasteiger partial charge on any atom is -0.487 e. The molecule has 0 atom stereocenters. The molecule has 1 saturated heterocycles. The predicted octanol–water partition coefficient (Wildman–Crippen LogP) is 5.71. The number of fused-ring (bicyclic) bond motifs is 1. The number of benzene rings is 2. The largest absolute Gasteiger partial charge is 0.487 e. The molecule has 2 aromatic heterocycles. The Labute approximate surface area is 205 Å². The van der Waals surface area contributed by atoms with Gasteiger partial charge in [-0.2, -0.15) is 0 Å². The van der Waals surface area contributed by atoms with Crippen LogP contribution in [0.1, 0.15) is 18.4 Å². The Kier molecular flexibility index (Phi) is 6.18. The van der Waals surface area contributed by atoms with Gasteiger partial charge in [-0.25, -0.2) is 21.8 Å². The van der Waals surface area contributed by atoms with Crippen LogP contribution in [0.15, 0.2) is 70.3 Å². The SMILES string of the molecule is Cc1ccc(S(=O)(=O)n2cc(-c3ccc(OC4CCOCC4)c(F)c3)c3cc(Br)cnc32)cc1. The molecule has 1 aliphatic rings. The second-order valence-electron chi connectivity index (χ2n) is 8.26. The van der Waals surface area contributed by atoms with Gasteiger partial charge in [-0.3, -0.25) is 0 Å². The summed E-state index contributed by atoms with van der Waals surface area (Å²) in [5.41, 5.74) is 2.30. The van der Waals surface area contributed by atoms with E-state index in [0.717, 1.165) is 9.54 Å². The minimum atomic E-state index is -3.91. The summed E-state index contributed by atoms with van der Waals surface area (Å²) in [6.45, 7) is 3.09. The summed E-state index contributed by atoms with van der Waals surface area (Å²) >= 11 is 3.41. The van der Waals surface area contributed by atoms with E-state index in [1.54, 1.807) is 48.7 Å². The summed E-state index contributed by atoms with van der Waals surface area (Å²) in [5.74, 6) is -0.333. The van der Waals surface area contributed by atoms with Crippen molar-refractivity contribution in [3.05, 3.63) is 76.8 Å². The van der Waals surface area contributed by atoms with Crippen LogP contribution in [-0.2, 0) is 14.8 Å². The van der Waals surface area contributed by atoms with Gasteiger partial charge < -0.3 is 9.47 Å². The molecule has 1 fully saturated rings. The first-order chi connectivity index (χ1) is 16.3. The van der Waals surface area contributed by atoms with E-state index in [1.807, 2.05) is 6.92 Å². The van der Waals surface area contributed by atoms with E-state index in [2.05, 4.69) is 20.9 Å². The average molecular weight is 545 g/mol. The second kappa shape index (κ2) is 9.13. The van der Waals surface area contributed by atoms with Crippen molar-refractivity contribution < 1.29 is 22.3 Å². The molecule has 9 heteroatoms. The summed E-state index contributed by atoms with van der Waals surface area (Å²) in [6.07, 6.45) is 4.37. The van der Waals surface area contributed by atoms with Gasteiger partial charge in [0.2, 0.25) is 0 Å². The lowest BCUT2D eigenvalue weighted by Crippen LogP contribution is -2.26. The number of halogens is 2. The number of aryl methyl sites for hydroxylation is 1. The van der Waals surface area contributed by atoms with Crippen LogP contribution in [0.2, 0.25) is 0 Å². The van der Waals surface area contributed by atoms with Crippen molar-refractivity contribution in [3.8, 4) is 16.9 Å². The van der Waals surface area contributed by atoms with E-state index in [1.165, 1.54) is 12.3 Å². The highest BCUT2D eigenvalue weighted by Crippen LogP contribution is 2.35. The quantitative estimate of drug-likeness (QED) is 0.322. The van der Waals surface area contributed by atoms with Gasteiger partial charge in [0.15, 0.2) is 17.2 Å². The highest BCUT2D eigenvalue weighted by molar-refractivity contribution is 9.10. The van der Waals surface area contributed by atoms with Crippen LogP contribution in [0.3, 0.4) is 0 Å². The van der Waals surface area contributed by atoms with Crippen molar-refractivity contribution >= 4 is 37.0 Å². The zero-order chi connectivity index (χ0) is 23.9. The molecule has 0 N–H and O–H groups in total. The summed E-state index contributed by atoms with van der Waals surface area (Å²) in [6, 6.07) is 13.1. The maximum absolute atomic E-state index is 15.0. The lowest BCUT2D eigenvalue weighted by molar-refractivity contribution is 0.0240. The molecule has 0 saturated carbocycles. The van der Waals surface area contributed by atoms with Gasteiger partial charge in [0.1, 0.15) is 6.10 Å². The van der Waals surface area contributed by atoms with Crippen LogP contribution in [0, 0.1) is 12.7 Å².